The van der Waals surface area contributed by atoms with Gasteiger partial charge < -0.3 is 0 Å². The van der Waals surface area contributed by atoms with Crippen molar-refractivity contribution in [1.29, 1.82) is 0 Å². The van der Waals surface area contributed by atoms with Crippen LogP contribution < -0.4 is 0 Å². The number of aryl methyl sites for hydroxylation is 1. The molecule has 2 heteroatoms. The third-order valence-electron chi connectivity index (χ3n) is 2.61. The number of rotatable bonds is 3. The number of halogens is 1. The Labute approximate surface area is 124 Å². The van der Waals surface area contributed by atoms with E-state index >= 15 is 0 Å². The standard InChI is InChI=1S/C16H15ClTe/c1-2-3-4-15-11-12-16(18-15)10-7-13-5-8-14(17)9-6-13/h5-6,8-9,11-12H,2-4H2,1H3. The number of unbranched alkanes of at least 4 members (excludes halogenated alkanes) is 1. The molecule has 0 aliphatic rings. The van der Waals surface area contributed by atoms with Gasteiger partial charge in [0.25, 0.3) is 0 Å². The number of benzene rings is 1. The van der Waals surface area contributed by atoms with Crippen molar-refractivity contribution < 1.29 is 0 Å². The Bertz CT molecular complexity index is 555. The SMILES string of the molecule is CCCCc1ccc(C#Cc2ccc(Cl)cc2)[te]1. The second-order valence-electron chi connectivity index (χ2n) is 4.13. The minimum absolute atomic E-state index is 0.168. The van der Waals surface area contributed by atoms with E-state index in [-0.39, 0.29) is 20.4 Å². The van der Waals surface area contributed by atoms with Gasteiger partial charge in [0.1, 0.15) is 0 Å². The van der Waals surface area contributed by atoms with Gasteiger partial charge in [-0.25, -0.2) is 0 Å². The molecule has 2 rings (SSSR count). The summed E-state index contributed by atoms with van der Waals surface area (Å²) in [5.74, 6) is 6.51. The Morgan fingerprint density at radius 1 is 1.06 bits per heavy atom. The Kier molecular flexibility index (Phi) is 5.40. The molecule has 0 amide bonds. The first-order valence-corrected chi connectivity index (χ1v) is 8.85. The first-order chi connectivity index (χ1) is 8.78. The summed E-state index contributed by atoms with van der Waals surface area (Å²) in [5, 5.41) is 0.762. The third-order valence-corrected chi connectivity index (χ3v) is 5.89. The fourth-order valence-electron chi connectivity index (χ4n) is 1.60. The van der Waals surface area contributed by atoms with Gasteiger partial charge in [-0.2, -0.15) is 0 Å². The summed E-state index contributed by atoms with van der Waals surface area (Å²) in [7, 11) is 0. The molecule has 0 fully saturated rings. The van der Waals surface area contributed by atoms with Crippen LogP contribution in [0.2, 0.25) is 5.02 Å². The average Bonchev–Trinajstić information content (AvgIpc) is 2.84. The van der Waals surface area contributed by atoms with E-state index in [1.54, 1.807) is 3.58 Å². The van der Waals surface area contributed by atoms with Crippen LogP contribution in [0, 0.1) is 11.8 Å². The third kappa shape index (κ3) is 4.22. The number of hydrogen-bond acceptors (Lipinski definition) is 0. The number of hydrogen-bond donors (Lipinski definition) is 0. The van der Waals surface area contributed by atoms with Crippen molar-refractivity contribution in [3.05, 3.63) is 54.1 Å². The van der Waals surface area contributed by atoms with Crippen LogP contribution in [-0.2, 0) is 6.42 Å². The monoisotopic (exact) mass is 372 g/mol. The van der Waals surface area contributed by atoms with Crippen molar-refractivity contribution in [3.63, 3.8) is 0 Å². The molecule has 0 bridgehead atoms. The first-order valence-electron chi connectivity index (χ1n) is 6.14. The molecule has 1 aromatic heterocycles. The van der Waals surface area contributed by atoms with Gasteiger partial charge in [-0.3, -0.25) is 0 Å². The van der Waals surface area contributed by atoms with Crippen molar-refractivity contribution in [3.8, 4) is 11.8 Å². The van der Waals surface area contributed by atoms with Gasteiger partial charge in [0.2, 0.25) is 0 Å². The first kappa shape index (κ1) is 13.8. The average molecular weight is 370 g/mol. The summed E-state index contributed by atoms with van der Waals surface area (Å²) in [5.41, 5.74) is 1.04. The van der Waals surface area contributed by atoms with Crippen LogP contribution in [0.4, 0.5) is 0 Å². The molecule has 1 heterocycles. The van der Waals surface area contributed by atoms with Crippen molar-refractivity contribution in [2.75, 3.05) is 0 Å². The molecule has 2 aromatic rings. The molecule has 0 N–H and O–H groups in total. The van der Waals surface area contributed by atoms with Crippen LogP contribution in [0.5, 0.6) is 0 Å². The van der Waals surface area contributed by atoms with E-state index < -0.39 is 0 Å². The summed E-state index contributed by atoms with van der Waals surface area (Å²) in [6.07, 6.45) is 3.85. The van der Waals surface area contributed by atoms with Crippen LogP contribution in [0.25, 0.3) is 0 Å². The van der Waals surface area contributed by atoms with Crippen LogP contribution >= 0.6 is 11.6 Å². The van der Waals surface area contributed by atoms with Crippen molar-refractivity contribution in [2.24, 2.45) is 0 Å². The molecule has 0 saturated heterocycles. The quantitative estimate of drug-likeness (QED) is 0.563. The summed E-state index contributed by atoms with van der Waals surface area (Å²) in [4.78, 5) is 0. The van der Waals surface area contributed by atoms with Crippen LogP contribution in [0.3, 0.4) is 0 Å². The van der Waals surface area contributed by atoms with E-state index in [9.17, 15) is 0 Å². The second-order valence-corrected chi connectivity index (χ2v) is 7.90. The van der Waals surface area contributed by atoms with Gasteiger partial charge in [-0.1, -0.05) is 0 Å². The predicted molar refractivity (Wildman–Crippen MR) is 79.4 cm³/mol. The molecule has 92 valence electrons. The van der Waals surface area contributed by atoms with Gasteiger partial charge in [-0.15, -0.1) is 0 Å². The molecule has 0 aliphatic carbocycles. The predicted octanol–water partition coefficient (Wildman–Crippen LogP) is 4.14. The molecule has 0 radical (unpaired) electrons. The molecular weight excluding hydrogens is 355 g/mol. The Morgan fingerprint density at radius 3 is 2.56 bits per heavy atom. The molecule has 0 unspecified atom stereocenters. The summed E-state index contributed by atoms with van der Waals surface area (Å²) < 4.78 is 2.99. The van der Waals surface area contributed by atoms with Crippen LogP contribution in [0.1, 0.15) is 32.5 Å². The molecule has 0 atom stereocenters. The van der Waals surface area contributed by atoms with Gasteiger partial charge in [0.15, 0.2) is 0 Å². The normalized spacial score (nSPS) is 9.89. The zero-order valence-electron chi connectivity index (χ0n) is 10.4. The van der Waals surface area contributed by atoms with Gasteiger partial charge in [0.05, 0.1) is 0 Å². The van der Waals surface area contributed by atoms with E-state index in [1.165, 1.54) is 22.8 Å². The molecular formula is C16H15ClTe. The van der Waals surface area contributed by atoms with E-state index in [2.05, 4.69) is 30.9 Å². The van der Waals surface area contributed by atoms with Gasteiger partial charge in [-0.05, 0) is 0 Å². The molecule has 0 aliphatic heterocycles. The maximum absolute atomic E-state index is 5.85. The summed E-state index contributed by atoms with van der Waals surface area (Å²) >= 11 is 5.68. The topological polar surface area (TPSA) is 0 Å². The molecule has 18 heavy (non-hydrogen) atoms. The van der Waals surface area contributed by atoms with E-state index in [1.807, 2.05) is 24.3 Å². The molecule has 0 nitrogen and oxygen atoms in total. The van der Waals surface area contributed by atoms with E-state index in [0.29, 0.717) is 0 Å². The van der Waals surface area contributed by atoms with Crippen molar-refractivity contribution >= 4 is 32.0 Å². The van der Waals surface area contributed by atoms with Crippen molar-refractivity contribution in [2.45, 2.75) is 26.2 Å². The molecule has 1 aromatic carbocycles. The Balaban J connectivity index is 2.05. The fraction of sp³-hybridized carbons (Fsp3) is 0.250. The second kappa shape index (κ2) is 7.06. The van der Waals surface area contributed by atoms with Crippen molar-refractivity contribution in [1.82, 2.24) is 0 Å². The Hall–Kier alpha value is -0.660. The maximum atomic E-state index is 5.85. The van der Waals surface area contributed by atoms with Crippen LogP contribution in [0.15, 0.2) is 36.4 Å². The van der Waals surface area contributed by atoms with E-state index in [0.717, 1.165) is 10.6 Å². The molecule has 0 spiro atoms. The summed E-state index contributed by atoms with van der Waals surface area (Å²) in [6.45, 7) is 2.24. The van der Waals surface area contributed by atoms with Gasteiger partial charge in [0, 0.05) is 0 Å². The molecule has 0 saturated carbocycles. The van der Waals surface area contributed by atoms with Gasteiger partial charge >= 0.3 is 124 Å². The fourth-order valence-corrected chi connectivity index (χ4v) is 4.30. The minimum atomic E-state index is -0.168. The Morgan fingerprint density at radius 2 is 1.83 bits per heavy atom. The zero-order chi connectivity index (χ0) is 12.8. The summed E-state index contributed by atoms with van der Waals surface area (Å²) in [6, 6.07) is 12.2. The zero-order valence-corrected chi connectivity index (χ0v) is 13.5. The van der Waals surface area contributed by atoms with E-state index in [4.69, 9.17) is 11.6 Å². The van der Waals surface area contributed by atoms with Crippen LogP contribution in [-0.4, -0.2) is 20.4 Å².